The van der Waals surface area contributed by atoms with Gasteiger partial charge in [-0.1, -0.05) is 29.8 Å². The molecular weight excluding hydrogens is 304 g/mol. The maximum atomic E-state index is 10.5. The lowest BCUT2D eigenvalue weighted by Crippen LogP contribution is -2.49. The quantitative estimate of drug-likeness (QED) is 0.763. The van der Waals surface area contributed by atoms with Gasteiger partial charge in [-0.2, -0.15) is 0 Å². The SMILES string of the molecule is CC1CCC2(C[C@H](O)c3cc(Br)ccc3O2)C(C)C1. The minimum atomic E-state index is -0.405. The molecule has 1 heterocycles. The maximum absolute atomic E-state index is 10.5. The summed E-state index contributed by atoms with van der Waals surface area (Å²) in [5.41, 5.74) is 0.762. The number of hydrogen-bond donors (Lipinski definition) is 1. The molecule has 1 N–H and O–H groups in total. The van der Waals surface area contributed by atoms with Crippen LogP contribution < -0.4 is 4.74 Å². The van der Waals surface area contributed by atoms with Crippen molar-refractivity contribution in [2.75, 3.05) is 0 Å². The van der Waals surface area contributed by atoms with Crippen molar-refractivity contribution in [3.05, 3.63) is 28.2 Å². The van der Waals surface area contributed by atoms with Gasteiger partial charge in [0.1, 0.15) is 11.4 Å². The van der Waals surface area contributed by atoms with Crippen molar-refractivity contribution in [2.24, 2.45) is 11.8 Å². The predicted octanol–water partition coefficient (Wildman–Crippen LogP) is 4.46. The minimum absolute atomic E-state index is 0.160. The second-order valence-corrected chi connectivity index (χ2v) is 7.27. The van der Waals surface area contributed by atoms with E-state index in [0.29, 0.717) is 5.92 Å². The van der Waals surface area contributed by atoms with E-state index in [4.69, 9.17) is 4.74 Å². The van der Waals surface area contributed by atoms with Crippen molar-refractivity contribution in [2.45, 2.75) is 51.2 Å². The number of halogens is 1. The Morgan fingerprint density at radius 1 is 1.37 bits per heavy atom. The lowest BCUT2D eigenvalue weighted by Gasteiger charge is -2.48. The Hall–Kier alpha value is -0.540. The monoisotopic (exact) mass is 324 g/mol. The van der Waals surface area contributed by atoms with Crippen molar-refractivity contribution >= 4 is 15.9 Å². The van der Waals surface area contributed by atoms with E-state index >= 15 is 0 Å². The third-order valence-corrected chi connectivity index (χ3v) is 5.39. The summed E-state index contributed by atoms with van der Waals surface area (Å²) in [6.45, 7) is 4.58. The predicted molar refractivity (Wildman–Crippen MR) is 79.3 cm³/mol. The van der Waals surface area contributed by atoms with Crippen molar-refractivity contribution in [1.29, 1.82) is 0 Å². The van der Waals surface area contributed by atoms with Crippen LogP contribution in [0.1, 0.15) is 51.2 Å². The summed E-state index contributed by atoms with van der Waals surface area (Å²) in [4.78, 5) is 0. The molecule has 19 heavy (non-hydrogen) atoms. The number of rotatable bonds is 0. The molecule has 4 atom stereocenters. The molecule has 3 unspecified atom stereocenters. The zero-order valence-corrected chi connectivity index (χ0v) is 13.1. The third kappa shape index (κ3) is 2.31. The molecule has 3 rings (SSSR count). The molecule has 0 aromatic heterocycles. The molecule has 1 saturated carbocycles. The van der Waals surface area contributed by atoms with Gasteiger partial charge in [-0.15, -0.1) is 0 Å². The van der Waals surface area contributed by atoms with Gasteiger partial charge < -0.3 is 9.84 Å². The largest absolute Gasteiger partial charge is 0.487 e. The average molecular weight is 325 g/mol. The van der Waals surface area contributed by atoms with Gasteiger partial charge in [0.25, 0.3) is 0 Å². The molecule has 0 amide bonds. The Morgan fingerprint density at radius 2 is 2.16 bits per heavy atom. The van der Waals surface area contributed by atoms with Gasteiger partial charge in [-0.05, 0) is 49.3 Å². The minimum Gasteiger partial charge on any atom is -0.487 e. The van der Waals surface area contributed by atoms with Crippen molar-refractivity contribution in [1.82, 2.24) is 0 Å². The second-order valence-electron chi connectivity index (χ2n) is 6.35. The average Bonchev–Trinajstić information content (AvgIpc) is 2.36. The van der Waals surface area contributed by atoms with Gasteiger partial charge in [0.2, 0.25) is 0 Å². The first-order valence-electron chi connectivity index (χ1n) is 7.17. The fourth-order valence-corrected chi connectivity index (χ4v) is 4.08. The highest BCUT2D eigenvalue weighted by atomic mass is 79.9. The van der Waals surface area contributed by atoms with E-state index in [1.165, 1.54) is 12.8 Å². The van der Waals surface area contributed by atoms with E-state index in [2.05, 4.69) is 29.8 Å². The topological polar surface area (TPSA) is 29.5 Å². The third-order valence-electron chi connectivity index (χ3n) is 4.90. The number of ether oxygens (including phenoxy) is 1. The van der Waals surface area contributed by atoms with E-state index in [0.717, 1.165) is 34.5 Å². The fraction of sp³-hybridized carbons (Fsp3) is 0.625. The van der Waals surface area contributed by atoms with Crippen LogP contribution in [0.5, 0.6) is 5.75 Å². The molecule has 3 heteroatoms. The standard InChI is InChI=1S/C16H21BrO2/c1-10-5-6-16(11(2)7-10)9-14(18)13-8-12(17)3-4-15(13)19-16/h3-4,8,10-11,14,18H,5-7,9H2,1-2H3/t10?,11?,14-,16?/m0/s1. The zero-order chi connectivity index (χ0) is 13.6. The molecule has 1 spiro atoms. The number of aliphatic hydroxyl groups is 1. The summed E-state index contributed by atoms with van der Waals surface area (Å²) >= 11 is 3.46. The Kier molecular flexibility index (Phi) is 3.38. The molecule has 1 fully saturated rings. The van der Waals surface area contributed by atoms with E-state index in [-0.39, 0.29) is 5.60 Å². The molecule has 104 valence electrons. The summed E-state index contributed by atoms with van der Waals surface area (Å²) in [5.74, 6) is 2.14. The number of benzene rings is 1. The van der Waals surface area contributed by atoms with E-state index in [1.807, 2.05) is 18.2 Å². The fourth-order valence-electron chi connectivity index (χ4n) is 3.70. The first-order chi connectivity index (χ1) is 9.00. The van der Waals surface area contributed by atoms with Crippen LogP contribution in [0.4, 0.5) is 0 Å². The molecule has 1 aromatic rings. The molecule has 1 aliphatic carbocycles. The Morgan fingerprint density at radius 3 is 2.89 bits per heavy atom. The molecule has 2 nitrogen and oxygen atoms in total. The lowest BCUT2D eigenvalue weighted by molar-refractivity contribution is -0.0802. The van der Waals surface area contributed by atoms with Gasteiger partial charge >= 0.3 is 0 Å². The number of fused-ring (bicyclic) bond motifs is 1. The number of hydrogen-bond acceptors (Lipinski definition) is 2. The van der Waals surface area contributed by atoms with Crippen LogP contribution in [-0.2, 0) is 0 Å². The van der Waals surface area contributed by atoms with Crippen molar-refractivity contribution in [3.63, 3.8) is 0 Å². The van der Waals surface area contributed by atoms with E-state index in [9.17, 15) is 5.11 Å². The summed E-state index contributed by atoms with van der Waals surface area (Å²) < 4.78 is 7.36. The molecule has 2 aliphatic rings. The van der Waals surface area contributed by atoms with Crippen LogP contribution in [0.25, 0.3) is 0 Å². The zero-order valence-electron chi connectivity index (χ0n) is 11.5. The van der Waals surface area contributed by atoms with Gasteiger partial charge in [0.15, 0.2) is 0 Å². The van der Waals surface area contributed by atoms with Crippen LogP contribution in [0.2, 0.25) is 0 Å². The van der Waals surface area contributed by atoms with E-state index in [1.54, 1.807) is 0 Å². The highest BCUT2D eigenvalue weighted by Crippen LogP contribution is 2.49. The first kappa shape index (κ1) is 13.4. The van der Waals surface area contributed by atoms with E-state index < -0.39 is 6.10 Å². The molecule has 1 aromatic carbocycles. The van der Waals surface area contributed by atoms with Crippen LogP contribution in [0, 0.1) is 11.8 Å². The van der Waals surface area contributed by atoms with Gasteiger partial charge in [-0.25, -0.2) is 0 Å². The van der Waals surface area contributed by atoms with Crippen LogP contribution >= 0.6 is 15.9 Å². The second kappa shape index (κ2) is 4.78. The molecule has 0 saturated heterocycles. The first-order valence-corrected chi connectivity index (χ1v) is 7.96. The summed E-state index contributed by atoms with van der Waals surface area (Å²) in [7, 11) is 0. The molecule has 1 aliphatic heterocycles. The Labute approximate surface area is 123 Å². The normalized spacial score (nSPS) is 37.8. The highest BCUT2D eigenvalue weighted by Gasteiger charge is 2.47. The van der Waals surface area contributed by atoms with Crippen LogP contribution in [0.15, 0.2) is 22.7 Å². The lowest BCUT2D eigenvalue weighted by atomic mass is 9.68. The summed E-state index contributed by atoms with van der Waals surface area (Å²) in [5, 5.41) is 10.5. The Bertz CT molecular complexity index is 488. The summed E-state index contributed by atoms with van der Waals surface area (Å²) in [6.07, 6.45) is 3.77. The molecule has 0 bridgehead atoms. The number of aliphatic hydroxyl groups excluding tert-OH is 1. The van der Waals surface area contributed by atoms with Crippen LogP contribution in [-0.4, -0.2) is 10.7 Å². The smallest absolute Gasteiger partial charge is 0.126 e. The van der Waals surface area contributed by atoms with Gasteiger partial charge in [0, 0.05) is 16.5 Å². The molecular formula is C16H21BrO2. The summed E-state index contributed by atoms with van der Waals surface area (Å²) in [6, 6.07) is 5.94. The maximum Gasteiger partial charge on any atom is 0.126 e. The Balaban J connectivity index is 1.94. The van der Waals surface area contributed by atoms with Crippen LogP contribution in [0.3, 0.4) is 0 Å². The van der Waals surface area contributed by atoms with Gasteiger partial charge in [-0.3, -0.25) is 0 Å². The van der Waals surface area contributed by atoms with Gasteiger partial charge in [0.05, 0.1) is 6.10 Å². The molecule has 0 radical (unpaired) electrons. The van der Waals surface area contributed by atoms with Crippen molar-refractivity contribution < 1.29 is 9.84 Å². The van der Waals surface area contributed by atoms with Crippen molar-refractivity contribution in [3.8, 4) is 5.75 Å². The highest BCUT2D eigenvalue weighted by molar-refractivity contribution is 9.10.